The fourth-order valence-corrected chi connectivity index (χ4v) is 4.45. The van der Waals surface area contributed by atoms with Crippen LogP contribution in [0.3, 0.4) is 0 Å². The van der Waals surface area contributed by atoms with E-state index in [1.54, 1.807) is 12.0 Å². The molecule has 1 saturated heterocycles. The van der Waals surface area contributed by atoms with Crippen molar-refractivity contribution in [3.8, 4) is 5.75 Å². The maximum absolute atomic E-state index is 14.0. The molecule has 4 rings (SSSR count). The summed E-state index contributed by atoms with van der Waals surface area (Å²) in [6.45, 7) is 5.63. The number of benzene rings is 2. The third kappa shape index (κ3) is 3.55. The van der Waals surface area contributed by atoms with Crippen LogP contribution in [0.4, 0.5) is 25.0 Å². The molecule has 2 aliphatic heterocycles. The van der Waals surface area contributed by atoms with E-state index in [0.29, 0.717) is 6.54 Å². The molecule has 5 nitrogen and oxygen atoms in total. The van der Waals surface area contributed by atoms with Gasteiger partial charge in [0.15, 0.2) is 0 Å². The third-order valence-electron chi connectivity index (χ3n) is 6.20. The lowest BCUT2D eigenvalue weighted by atomic mass is 9.74. The van der Waals surface area contributed by atoms with E-state index >= 15 is 0 Å². The largest absolute Gasteiger partial charge is 0.497 e. The van der Waals surface area contributed by atoms with Gasteiger partial charge in [-0.3, -0.25) is 4.90 Å². The molecular formula is C22H25F2N3O2. The zero-order valence-corrected chi connectivity index (χ0v) is 16.7. The Labute approximate surface area is 169 Å². The molecule has 0 saturated carbocycles. The number of methoxy groups -OCH3 is 1. The van der Waals surface area contributed by atoms with E-state index in [-0.39, 0.29) is 11.1 Å². The number of halogens is 2. The number of ether oxygens (including phenoxy) is 1. The van der Waals surface area contributed by atoms with Crippen LogP contribution >= 0.6 is 0 Å². The highest BCUT2D eigenvalue weighted by Gasteiger charge is 2.46. The highest BCUT2D eigenvalue weighted by molar-refractivity contribution is 6.03. The molecule has 1 fully saturated rings. The van der Waals surface area contributed by atoms with Crippen LogP contribution in [0.1, 0.15) is 25.3 Å². The first-order valence-corrected chi connectivity index (χ1v) is 9.90. The molecule has 0 aliphatic carbocycles. The standard InChI is InChI=1S/C22H25F2N3O2/c1-3-26-10-8-22(9-11-26)14-27(20-7-5-16(29-2)13-17(20)22)21(28)25-19-6-4-15(23)12-18(19)24/h4-7,12-13H,3,8-11,14H2,1-2H3,(H,25,28). The average Bonchev–Trinajstić information content (AvgIpc) is 3.04. The summed E-state index contributed by atoms with van der Waals surface area (Å²) in [5.41, 5.74) is 1.74. The molecule has 2 aromatic rings. The number of likely N-dealkylation sites (tertiary alicyclic amines) is 1. The highest BCUT2D eigenvalue weighted by atomic mass is 19.1. The quantitative estimate of drug-likeness (QED) is 0.830. The number of fused-ring (bicyclic) bond motifs is 2. The number of urea groups is 1. The molecule has 2 amide bonds. The number of hydrogen-bond acceptors (Lipinski definition) is 3. The summed E-state index contributed by atoms with van der Waals surface area (Å²) in [6.07, 6.45) is 1.88. The van der Waals surface area contributed by atoms with Gasteiger partial charge in [-0.1, -0.05) is 6.92 Å². The third-order valence-corrected chi connectivity index (χ3v) is 6.20. The predicted molar refractivity (Wildman–Crippen MR) is 109 cm³/mol. The summed E-state index contributed by atoms with van der Waals surface area (Å²) < 4.78 is 32.6. The van der Waals surface area contributed by atoms with Crippen molar-refractivity contribution in [3.05, 3.63) is 53.6 Å². The topological polar surface area (TPSA) is 44.8 Å². The van der Waals surface area contributed by atoms with Crippen molar-refractivity contribution in [1.82, 2.24) is 4.90 Å². The van der Waals surface area contributed by atoms with Gasteiger partial charge in [-0.05, 0) is 68.4 Å². The molecule has 0 atom stereocenters. The van der Waals surface area contributed by atoms with Crippen LogP contribution in [-0.4, -0.2) is 44.2 Å². The van der Waals surface area contributed by atoms with Gasteiger partial charge in [-0.15, -0.1) is 0 Å². The van der Waals surface area contributed by atoms with Gasteiger partial charge in [0.2, 0.25) is 0 Å². The Kier molecular flexibility index (Phi) is 5.17. The minimum absolute atomic E-state index is 0.0341. The average molecular weight is 401 g/mol. The molecule has 0 bridgehead atoms. The van der Waals surface area contributed by atoms with Crippen molar-refractivity contribution in [2.75, 3.05) is 43.5 Å². The summed E-state index contributed by atoms with van der Waals surface area (Å²) in [5.74, 6) is -0.716. The molecule has 1 spiro atoms. The Hall–Kier alpha value is -2.67. The van der Waals surface area contributed by atoms with Gasteiger partial charge >= 0.3 is 6.03 Å². The number of nitrogens with zero attached hydrogens (tertiary/aromatic N) is 2. The maximum Gasteiger partial charge on any atom is 0.326 e. The SMILES string of the molecule is CCN1CCC2(CC1)CN(C(=O)Nc1ccc(F)cc1F)c1ccc(OC)cc12. The van der Waals surface area contributed by atoms with Gasteiger partial charge in [0.1, 0.15) is 17.4 Å². The Balaban J connectivity index is 1.64. The molecule has 0 aromatic heterocycles. The number of amides is 2. The van der Waals surface area contributed by atoms with Crippen molar-refractivity contribution < 1.29 is 18.3 Å². The van der Waals surface area contributed by atoms with Gasteiger partial charge in [-0.2, -0.15) is 0 Å². The molecule has 7 heteroatoms. The van der Waals surface area contributed by atoms with Crippen LogP contribution in [0.15, 0.2) is 36.4 Å². The number of piperidine rings is 1. The van der Waals surface area contributed by atoms with E-state index in [0.717, 1.165) is 61.6 Å². The molecule has 29 heavy (non-hydrogen) atoms. The van der Waals surface area contributed by atoms with Gasteiger partial charge in [0.05, 0.1) is 12.8 Å². The smallest absolute Gasteiger partial charge is 0.326 e. The molecule has 154 valence electrons. The second kappa shape index (κ2) is 7.63. The van der Waals surface area contributed by atoms with Crippen LogP contribution in [-0.2, 0) is 5.41 Å². The Morgan fingerprint density at radius 2 is 1.93 bits per heavy atom. The van der Waals surface area contributed by atoms with E-state index in [2.05, 4.69) is 17.1 Å². The van der Waals surface area contributed by atoms with E-state index in [1.807, 2.05) is 18.2 Å². The van der Waals surface area contributed by atoms with Crippen LogP contribution in [0.25, 0.3) is 0 Å². The van der Waals surface area contributed by atoms with E-state index in [1.165, 1.54) is 6.07 Å². The van der Waals surface area contributed by atoms with Crippen molar-refractivity contribution in [3.63, 3.8) is 0 Å². The summed E-state index contributed by atoms with van der Waals surface area (Å²) >= 11 is 0. The number of rotatable bonds is 3. The fraction of sp³-hybridized carbons (Fsp3) is 0.409. The first-order valence-electron chi connectivity index (χ1n) is 9.90. The first kappa shape index (κ1) is 19.6. The molecule has 2 aliphatic rings. The highest BCUT2D eigenvalue weighted by Crippen LogP contribution is 2.48. The number of anilines is 2. The lowest BCUT2D eigenvalue weighted by molar-refractivity contribution is 0.173. The van der Waals surface area contributed by atoms with Crippen molar-refractivity contribution in [2.45, 2.75) is 25.2 Å². The lowest BCUT2D eigenvalue weighted by Crippen LogP contribution is -2.46. The van der Waals surface area contributed by atoms with Gasteiger partial charge < -0.3 is 15.0 Å². The zero-order valence-electron chi connectivity index (χ0n) is 16.7. The Bertz CT molecular complexity index is 926. The predicted octanol–water partition coefficient (Wildman–Crippen LogP) is 4.38. The fourth-order valence-electron chi connectivity index (χ4n) is 4.45. The maximum atomic E-state index is 14.0. The van der Waals surface area contributed by atoms with E-state index < -0.39 is 17.7 Å². The Morgan fingerprint density at radius 1 is 1.17 bits per heavy atom. The number of carbonyl (C=O) groups excluding carboxylic acids is 1. The van der Waals surface area contributed by atoms with Gasteiger partial charge in [-0.25, -0.2) is 13.6 Å². The number of carbonyl (C=O) groups is 1. The normalized spacial score (nSPS) is 18.0. The van der Waals surface area contributed by atoms with E-state index in [9.17, 15) is 13.6 Å². The van der Waals surface area contributed by atoms with Crippen LogP contribution in [0.2, 0.25) is 0 Å². The summed E-state index contributed by atoms with van der Waals surface area (Å²) in [7, 11) is 1.63. The van der Waals surface area contributed by atoms with Crippen molar-refractivity contribution >= 4 is 17.4 Å². The number of nitrogens with one attached hydrogen (secondary N) is 1. The molecular weight excluding hydrogens is 376 g/mol. The summed E-state index contributed by atoms with van der Waals surface area (Å²) in [5, 5.41) is 2.59. The lowest BCUT2D eigenvalue weighted by Gasteiger charge is -2.39. The van der Waals surface area contributed by atoms with Crippen LogP contribution in [0.5, 0.6) is 5.75 Å². The second-order valence-corrected chi connectivity index (χ2v) is 7.74. The monoisotopic (exact) mass is 401 g/mol. The van der Waals surface area contributed by atoms with Crippen molar-refractivity contribution in [2.24, 2.45) is 0 Å². The summed E-state index contributed by atoms with van der Waals surface area (Å²) in [6, 6.07) is 8.44. The minimum atomic E-state index is -0.793. The molecule has 0 radical (unpaired) electrons. The van der Waals surface area contributed by atoms with Gasteiger partial charge in [0.25, 0.3) is 0 Å². The number of hydrogen-bond donors (Lipinski definition) is 1. The zero-order chi connectivity index (χ0) is 20.6. The summed E-state index contributed by atoms with van der Waals surface area (Å²) in [4.78, 5) is 17.1. The Morgan fingerprint density at radius 3 is 2.59 bits per heavy atom. The van der Waals surface area contributed by atoms with Crippen LogP contribution in [0, 0.1) is 11.6 Å². The van der Waals surface area contributed by atoms with E-state index in [4.69, 9.17) is 4.74 Å². The molecule has 0 unspecified atom stereocenters. The molecule has 1 N–H and O–H groups in total. The first-order chi connectivity index (χ1) is 14.0. The van der Waals surface area contributed by atoms with Crippen LogP contribution < -0.4 is 15.0 Å². The molecule has 2 aromatic carbocycles. The molecule has 2 heterocycles. The minimum Gasteiger partial charge on any atom is -0.497 e. The van der Waals surface area contributed by atoms with Crippen molar-refractivity contribution in [1.29, 1.82) is 0 Å². The second-order valence-electron chi connectivity index (χ2n) is 7.74. The van der Waals surface area contributed by atoms with Gasteiger partial charge in [0, 0.05) is 23.7 Å².